The first-order valence-corrected chi connectivity index (χ1v) is 6.24. The number of amides is 2. The summed E-state index contributed by atoms with van der Waals surface area (Å²) in [6.07, 6.45) is 4.59. The molecule has 0 aromatic carbocycles. The number of nitrogens with zero attached hydrogens (tertiary/aromatic N) is 3. The van der Waals surface area contributed by atoms with Crippen molar-refractivity contribution in [1.29, 1.82) is 0 Å². The molecule has 1 aliphatic heterocycles. The minimum absolute atomic E-state index is 0.0419. The van der Waals surface area contributed by atoms with E-state index in [0.717, 1.165) is 12.1 Å². The van der Waals surface area contributed by atoms with Crippen molar-refractivity contribution in [3.63, 3.8) is 0 Å². The maximum absolute atomic E-state index is 12.0. The molecule has 2 heterocycles. The molecule has 0 bridgehead atoms. The maximum atomic E-state index is 12.0. The van der Waals surface area contributed by atoms with Gasteiger partial charge in [-0.05, 0) is 18.9 Å². The molecule has 98 valence electrons. The number of carbonyl (C=O) groups excluding carboxylic acids is 2. The van der Waals surface area contributed by atoms with Gasteiger partial charge in [-0.25, -0.2) is 0 Å². The van der Waals surface area contributed by atoms with Crippen molar-refractivity contribution in [3.05, 3.63) is 18.0 Å². The Kier molecular flexibility index (Phi) is 3.96. The van der Waals surface area contributed by atoms with Gasteiger partial charge < -0.3 is 9.80 Å². The number of carbonyl (C=O) groups is 2. The van der Waals surface area contributed by atoms with E-state index in [1.165, 1.54) is 0 Å². The Morgan fingerprint density at radius 1 is 1.50 bits per heavy atom. The van der Waals surface area contributed by atoms with Gasteiger partial charge in [0.2, 0.25) is 11.8 Å². The van der Waals surface area contributed by atoms with Gasteiger partial charge >= 0.3 is 0 Å². The van der Waals surface area contributed by atoms with Crippen molar-refractivity contribution >= 4 is 11.8 Å². The van der Waals surface area contributed by atoms with E-state index >= 15 is 0 Å². The molecule has 1 aromatic heterocycles. The van der Waals surface area contributed by atoms with Gasteiger partial charge in [-0.3, -0.25) is 14.7 Å². The van der Waals surface area contributed by atoms with Gasteiger partial charge in [0.15, 0.2) is 0 Å². The third-order valence-electron chi connectivity index (χ3n) is 3.24. The highest BCUT2D eigenvalue weighted by Crippen LogP contribution is 2.07. The Bertz CT molecular complexity index is 416. The van der Waals surface area contributed by atoms with Gasteiger partial charge in [0.05, 0.1) is 12.7 Å². The highest BCUT2D eigenvalue weighted by atomic mass is 16.2. The zero-order valence-corrected chi connectivity index (χ0v) is 10.6. The number of hydrogen-bond donors (Lipinski definition) is 1. The van der Waals surface area contributed by atoms with Crippen LogP contribution in [-0.4, -0.2) is 58.0 Å². The lowest BCUT2D eigenvalue weighted by atomic mass is 10.1. The first kappa shape index (κ1) is 12.6. The molecular weight excluding hydrogens is 232 g/mol. The molecule has 0 saturated carbocycles. The van der Waals surface area contributed by atoms with Crippen molar-refractivity contribution in [2.75, 3.05) is 26.2 Å². The zero-order valence-electron chi connectivity index (χ0n) is 10.6. The predicted molar refractivity (Wildman–Crippen MR) is 65.7 cm³/mol. The molecule has 0 spiro atoms. The molecule has 18 heavy (non-hydrogen) atoms. The lowest BCUT2D eigenvalue weighted by Gasteiger charge is -2.33. The van der Waals surface area contributed by atoms with E-state index in [1.54, 1.807) is 22.2 Å². The van der Waals surface area contributed by atoms with Crippen LogP contribution in [0, 0.1) is 0 Å². The molecule has 0 unspecified atom stereocenters. The molecule has 1 aliphatic rings. The zero-order chi connectivity index (χ0) is 13.0. The smallest absolute Gasteiger partial charge is 0.242 e. The number of nitrogens with one attached hydrogen (secondary N) is 1. The Morgan fingerprint density at radius 3 is 2.94 bits per heavy atom. The molecule has 1 fully saturated rings. The standard InChI is InChI=1S/C12H18N4O2/c1-2-15-5-6-16(9-12(15)18)11(17)4-3-10-7-13-14-8-10/h7-8H,2-6,9H2,1H3,(H,13,14). The summed E-state index contributed by atoms with van der Waals surface area (Å²) >= 11 is 0. The average molecular weight is 250 g/mol. The summed E-state index contributed by atoms with van der Waals surface area (Å²) in [7, 11) is 0. The first-order valence-electron chi connectivity index (χ1n) is 6.24. The molecule has 0 radical (unpaired) electrons. The number of piperazine rings is 1. The van der Waals surface area contributed by atoms with Crippen LogP contribution in [0.15, 0.2) is 12.4 Å². The lowest BCUT2D eigenvalue weighted by Crippen LogP contribution is -2.52. The average Bonchev–Trinajstić information content (AvgIpc) is 2.89. The molecule has 2 rings (SSSR count). The normalized spacial score (nSPS) is 16.2. The van der Waals surface area contributed by atoms with Crippen LogP contribution in [-0.2, 0) is 16.0 Å². The number of aryl methyl sites for hydroxylation is 1. The SMILES string of the molecule is CCN1CCN(C(=O)CCc2cn[nH]c2)CC1=O. The van der Waals surface area contributed by atoms with Crippen molar-refractivity contribution in [3.8, 4) is 0 Å². The van der Waals surface area contributed by atoms with E-state index in [0.29, 0.717) is 25.9 Å². The van der Waals surface area contributed by atoms with Crippen LogP contribution in [0.4, 0.5) is 0 Å². The fourth-order valence-electron chi connectivity index (χ4n) is 2.08. The Labute approximate surface area is 106 Å². The number of aromatic amines is 1. The Morgan fingerprint density at radius 2 is 2.33 bits per heavy atom. The summed E-state index contributed by atoms with van der Waals surface area (Å²) in [6.45, 7) is 4.18. The number of likely N-dealkylation sites (N-methyl/N-ethyl adjacent to an activating group) is 1. The van der Waals surface area contributed by atoms with Crippen LogP contribution >= 0.6 is 0 Å². The molecule has 6 heteroatoms. The summed E-state index contributed by atoms with van der Waals surface area (Å²) in [6, 6.07) is 0. The topological polar surface area (TPSA) is 69.3 Å². The quantitative estimate of drug-likeness (QED) is 0.820. The highest BCUT2D eigenvalue weighted by Gasteiger charge is 2.25. The van der Waals surface area contributed by atoms with Crippen LogP contribution in [0.25, 0.3) is 0 Å². The molecule has 1 N–H and O–H groups in total. The van der Waals surface area contributed by atoms with Crippen LogP contribution in [0.2, 0.25) is 0 Å². The van der Waals surface area contributed by atoms with Crippen LogP contribution in [0.1, 0.15) is 18.9 Å². The Hall–Kier alpha value is -1.85. The van der Waals surface area contributed by atoms with Gasteiger partial charge in [0.1, 0.15) is 0 Å². The van der Waals surface area contributed by atoms with E-state index in [9.17, 15) is 9.59 Å². The molecule has 2 amide bonds. The molecule has 0 aliphatic carbocycles. The fraction of sp³-hybridized carbons (Fsp3) is 0.583. The monoisotopic (exact) mass is 250 g/mol. The summed E-state index contributed by atoms with van der Waals surface area (Å²) in [4.78, 5) is 27.1. The van der Waals surface area contributed by atoms with Gasteiger partial charge in [0, 0.05) is 32.3 Å². The molecule has 6 nitrogen and oxygen atoms in total. The molecule has 0 atom stereocenters. The largest absolute Gasteiger partial charge is 0.340 e. The third-order valence-corrected chi connectivity index (χ3v) is 3.24. The summed E-state index contributed by atoms with van der Waals surface area (Å²) in [5, 5.41) is 6.55. The van der Waals surface area contributed by atoms with E-state index in [4.69, 9.17) is 0 Å². The Balaban J connectivity index is 1.81. The van der Waals surface area contributed by atoms with Crippen molar-refractivity contribution in [2.24, 2.45) is 0 Å². The second-order valence-electron chi connectivity index (χ2n) is 4.40. The van der Waals surface area contributed by atoms with Gasteiger partial charge in [-0.2, -0.15) is 5.10 Å². The minimum Gasteiger partial charge on any atom is -0.340 e. The van der Waals surface area contributed by atoms with E-state index in [2.05, 4.69) is 10.2 Å². The maximum Gasteiger partial charge on any atom is 0.242 e. The minimum atomic E-state index is 0.0419. The first-order chi connectivity index (χ1) is 8.70. The van der Waals surface area contributed by atoms with Crippen molar-refractivity contribution in [1.82, 2.24) is 20.0 Å². The summed E-state index contributed by atoms with van der Waals surface area (Å²) in [5.74, 6) is 0.0840. The second-order valence-corrected chi connectivity index (χ2v) is 4.40. The second kappa shape index (κ2) is 5.66. The predicted octanol–water partition coefficient (Wildman–Crippen LogP) is 0.0330. The van der Waals surface area contributed by atoms with Crippen LogP contribution < -0.4 is 0 Å². The molecule has 1 aromatic rings. The number of aromatic nitrogens is 2. The van der Waals surface area contributed by atoms with Crippen LogP contribution in [0.5, 0.6) is 0 Å². The fourth-order valence-corrected chi connectivity index (χ4v) is 2.08. The number of hydrogen-bond acceptors (Lipinski definition) is 3. The number of rotatable bonds is 4. The number of H-pyrrole nitrogens is 1. The van der Waals surface area contributed by atoms with Crippen molar-refractivity contribution < 1.29 is 9.59 Å². The van der Waals surface area contributed by atoms with Crippen LogP contribution in [0.3, 0.4) is 0 Å². The van der Waals surface area contributed by atoms with E-state index < -0.39 is 0 Å². The lowest BCUT2D eigenvalue weighted by molar-refractivity contribution is -0.145. The molecular formula is C12H18N4O2. The van der Waals surface area contributed by atoms with Crippen molar-refractivity contribution in [2.45, 2.75) is 19.8 Å². The van der Waals surface area contributed by atoms with Gasteiger partial charge in [-0.1, -0.05) is 0 Å². The van der Waals surface area contributed by atoms with E-state index in [-0.39, 0.29) is 18.4 Å². The summed E-state index contributed by atoms with van der Waals surface area (Å²) in [5.41, 5.74) is 1.02. The van der Waals surface area contributed by atoms with Gasteiger partial charge in [-0.15, -0.1) is 0 Å². The van der Waals surface area contributed by atoms with E-state index in [1.807, 2.05) is 6.92 Å². The summed E-state index contributed by atoms with van der Waals surface area (Å²) < 4.78 is 0. The molecule has 1 saturated heterocycles. The highest BCUT2D eigenvalue weighted by molar-refractivity contribution is 5.86. The third kappa shape index (κ3) is 2.88. The van der Waals surface area contributed by atoms with Gasteiger partial charge in [0.25, 0.3) is 0 Å².